The predicted molar refractivity (Wildman–Crippen MR) is 92.3 cm³/mol. The largest absolute Gasteiger partial charge is 0.465 e. The molecule has 0 saturated heterocycles. The van der Waals surface area contributed by atoms with Crippen LogP contribution in [0, 0.1) is 0 Å². The van der Waals surface area contributed by atoms with Gasteiger partial charge in [0.15, 0.2) is 0 Å². The van der Waals surface area contributed by atoms with Gasteiger partial charge < -0.3 is 4.74 Å². The van der Waals surface area contributed by atoms with E-state index in [2.05, 4.69) is 9.46 Å². The van der Waals surface area contributed by atoms with Crippen molar-refractivity contribution in [2.75, 3.05) is 7.11 Å². The molecule has 0 heterocycles. The predicted octanol–water partition coefficient (Wildman–Crippen LogP) is 2.77. The molecule has 1 N–H and O–H groups in total. The fraction of sp³-hybridized carbons (Fsp3) is 0.278. The van der Waals surface area contributed by atoms with Crippen molar-refractivity contribution in [1.29, 1.82) is 0 Å². The molecule has 1 atom stereocenters. The molecule has 2 aromatic carbocycles. The Morgan fingerprint density at radius 2 is 1.83 bits per heavy atom. The second-order valence-electron chi connectivity index (χ2n) is 5.57. The highest BCUT2D eigenvalue weighted by Crippen LogP contribution is 2.14. The molecule has 5 nitrogen and oxygen atoms in total. The molecule has 0 saturated carbocycles. The Kier molecular flexibility index (Phi) is 6.11. The van der Waals surface area contributed by atoms with Gasteiger partial charge in [0.2, 0.25) is 10.0 Å². The summed E-state index contributed by atoms with van der Waals surface area (Å²) < 4.78 is 32.2. The van der Waals surface area contributed by atoms with Crippen LogP contribution < -0.4 is 4.72 Å². The minimum Gasteiger partial charge on any atom is -0.465 e. The topological polar surface area (TPSA) is 72.5 Å². The number of benzene rings is 2. The lowest BCUT2D eigenvalue weighted by molar-refractivity contribution is 0.0600. The molecular weight excluding hydrogens is 326 g/mol. The molecule has 0 spiro atoms. The maximum Gasteiger partial charge on any atom is 0.337 e. The number of carbonyl (C=O) groups excluding carboxylic acids is 1. The zero-order valence-electron chi connectivity index (χ0n) is 13.7. The molecule has 0 aliphatic carbocycles. The van der Waals surface area contributed by atoms with Crippen molar-refractivity contribution in [3.05, 3.63) is 65.7 Å². The summed E-state index contributed by atoms with van der Waals surface area (Å²) in [5.74, 6) is -0.566. The van der Waals surface area contributed by atoms with Gasteiger partial charge in [-0.15, -0.1) is 0 Å². The number of esters is 1. The van der Waals surface area contributed by atoms with Crippen LogP contribution in [-0.2, 0) is 21.2 Å². The van der Waals surface area contributed by atoms with Crippen LogP contribution in [0.2, 0.25) is 0 Å². The van der Waals surface area contributed by atoms with E-state index in [1.807, 2.05) is 37.3 Å². The fourth-order valence-electron chi connectivity index (χ4n) is 2.33. The Labute approximate surface area is 142 Å². The Hall–Kier alpha value is -2.18. The molecule has 0 radical (unpaired) electrons. The number of hydrogen-bond acceptors (Lipinski definition) is 4. The highest BCUT2D eigenvalue weighted by Gasteiger charge is 2.19. The van der Waals surface area contributed by atoms with Gasteiger partial charge in [0.05, 0.1) is 17.6 Å². The molecule has 0 unspecified atom stereocenters. The average molecular weight is 347 g/mol. The van der Waals surface area contributed by atoms with E-state index in [9.17, 15) is 13.2 Å². The van der Waals surface area contributed by atoms with E-state index in [0.29, 0.717) is 6.42 Å². The third-order valence-corrected chi connectivity index (χ3v) is 5.22. The summed E-state index contributed by atoms with van der Waals surface area (Å²) in [5.41, 5.74) is 1.37. The molecule has 2 rings (SSSR count). The second kappa shape index (κ2) is 8.08. The Balaban J connectivity index is 2.03. The average Bonchev–Trinajstić information content (AvgIpc) is 2.60. The Morgan fingerprint density at radius 3 is 2.50 bits per heavy atom. The monoisotopic (exact) mass is 347 g/mol. The van der Waals surface area contributed by atoms with Crippen LogP contribution >= 0.6 is 0 Å². The lowest BCUT2D eigenvalue weighted by Crippen LogP contribution is -2.33. The molecule has 0 aromatic heterocycles. The zero-order chi connectivity index (χ0) is 17.6. The van der Waals surface area contributed by atoms with Crippen molar-refractivity contribution in [2.45, 2.75) is 30.7 Å². The number of nitrogens with one attached hydrogen (secondary N) is 1. The van der Waals surface area contributed by atoms with E-state index in [-0.39, 0.29) is 16.5 Å². The van der Waals surface area contributed by atoms with Gasteiger partial charge in [-0.05, 0) is 43.5 Å². The normalized spacial score (nSPS) is 12.6. The third-order valence-electron chi connectivity index (χ3n) is 3.63. The third kappa shape index (κ3) is 4.91. The molecule has 0 bridgehead atoms. The first-order valence-corrected chi connectivity index (χ1v) is 9.15. The van der Waals surface area contributed by atoms with Gasteiger partial charge in [0, 0.05) is 6.04 Å². The summed E-state index contributed by atoms with van der Waals surface area (Å²) in [7, 11) is -2.43. The summed E-state index contributed by atoms with van der Waals surface area (Å²) in [6.07, 6.45) is 1.46. The Bertz CT molecular complexity index is 788. The minimum atomic E-state index is -3.69. The lowest BCUT2D eigenvalue weighted by Gasteiger charge is -2.14. The standard InChI is InChI=1S/C18H21NO4S/c1-14(11-12-15-7-4-3-5-8-15)19-24(21,22)17-10-6-9-16(13-17)18(20)23-2/h3-10,13-14,19H,11-12H2,1-2H3/t14-/m1/s1. The van der Waals surface area contributed by atoms with E-state index in [4.69, 9.17) is 0 Å². The number of aryl methyl sites for hydroxylation is 1. The first kappa shape index (κ1) is 18.2. The van der Waals surface area contributed by atoms with Gasteiger partial charge in [-0.3, -0.25) is 0 Å². The first-order valence-electron chi connectivity index (χ1n) is 7.67. The van der Waals surface area contributed by atoms with Crippen molar-refractivity contribution in [1.82, 2.24) is 4.72 Å². The first-order chi connectivity index (χ1) is 11.4. The van der Waals surface area contributed by atoms with Crippen LogP contribution in [0.1, 0.15) is 29.3 Å². The van der Waals surface area contributed by atoms with Gasteiger partial charge in [-0.1, -0.05) is 36.4 Å². The van der Waals surface area contributed by atoms with Gasteiger partial charge in [-0.25, -0.2) is 17.9 Å². The second-order valence-corrected chi connectivity index (χ2v) is 7.28. The SMILES string of the molecule is COC(=O)c1cccc(S(=O)(=O)N[C@H](C)CCc2ccccc2)c1. The summed E-state index contributed by atoms with van der Waals surface area (Å²) in [5, 5.41) is 0. The van der Waals surface area contributed by atoms with Crippen molar-refractivity contribution in [3.8, 4) is 0 Å². The van der Waals surface area contributed by atoms with Gasteiger partial charge >= 0.3 is 5.97 Å². The van der Waals surface area contributed by atoms with Gasteiger partial charge in [0.1, 0.15) is 0 Å². The highest BCUT2D eigenvalue weighted by atomic mass is 32.2. The van der Waals surface area contributed by atoms with Crippen LogP contribution in [0.15, 0.2) is 59.5 Å². The summed E-state index contributed by atoms with van der Waals surface area (Å²) >= 11 is 0. The number of carbonyl (C=O) groups is 1. The number of methoxy groups -OCH3 is 1. The molecule has 2 aromatic rings. The molecule has 24 heavy (non-hydrogen) atoms. The highest BCUT2D eigenvalue weighted by molar-refractivity contribution is 7.89. The maximum atomic E-state index is 12.5. The molecule has 0 aliphatic rings. The van der Waals surface area contributed by atoms with E-state index < -0.39 is 16.0 Å². The van der Waals surface area contributed by atoms with Gasteiger partial charge in [0.25, 0.3) is 0 Å². The van der Waals surface area contributed by atoms with E-state index in [1.165, 1.54) is 31.4 Å². The maximum absolute atomic E-state index is 12.5. The molecule has 0 amide bonds. The van der Waals surface area contributed by atoms with Crippen LogP contribution in [-0.4, -0.2) is 27.5 Å². The van der Waals surface area contributed by atoms with Gasteiger partial charge in [-0.2, -0.15) is 0 Å². The van der Waals surface area contributed by atoms with Crippen molar-refractivity contribution in [3.63, 3.8) is 0 Å². The quantitative estimate of drug-likeness (QED) is 0.782. The van der Waals surface area contributed by atoms with Crippen LogP contribution in [0.25, 0.3) is 0 Å². The van der Waals surface area contributed by atoms with E-state index in [0.717, 1.165) is 12.0 Å². The number of hydrogen-bond donors (Lipinski definition) is 1. The van der Waals surface area contributed by atoms with E-state index >= 15 is 0 Å². The molecule has 6 heteroatoms. The van der Waals surface area contributed by atoms with E-state index in [1.54, 1.807) is 0 Å². The fourth-order valence-corrected chi connectivity index (χ4v) is 3.65. The molecule has 128 valence electrons. The van der Waals surface area contributed by atoms with Crippen molar-refractivity contribution in [2.24, 2.45) is 0 Å². The molecular formula is C18H21NO4S. The van der Waals surface area contributed by atoms with Crippen LogP contribution in [0.5, 0.6) is 0 Å². The molecule has 0 fully saturated rings. The molecule has 0 aliphatic heterocycles. The summed E-state index contributed by atoms with van der Waals surface area (Å²) in [6, 6.07) is 15.5. The number of ether oxygens (including phenoxy) is 1. The summed E-state index contributed by atoms with van der Waals surface area (Å²) in [6.45, 7) is 1.82. The lowest BCUT2D eigenvalue weighted by atomic mass is 10.1. The van der Waals surface area contributed by atoms with Crippen LogP contribution in [0.4, 0.5) is 0 Å². The minimum absolute atomic E-state index is 0.0527. The summed E-state index contributed by atoms with van der Waals surface area (Å²) in [4.78, 5) is 11.6. The zero-order valence-corrected chi connectivity index (χ0v) is 14.5. The van der Waals surface area contributed by atoms with Crippen molar-refractivity contribution >= 4 is 16.0 Å². The number of rotatable bonds is 7. The number of sulfonamides is 1. The smallest absolute Gasteiger partial charge is 0.337 e. The van der Waals surface area contributed by atoms with Crippen LogP contribution in [0.3, 0.4) is 0 Å². The Morgan fingerprint density at radius 1 is 1.12 bits per heavy atom. The van der Waals surface area contributed by atoms with Crippen molar-refractivity contribution < 1.29 is 17.9 Å².